The van der Waals surface area contributed by atoms with Crippen LogP contribution in [0.1, 0.15) is 42.4 Å². The summed E-state index contributed by atoms with van der Waals surface area (Å²) in [5.74, 6) is -0.0176. The Morgan fingerprint density at radius 1 is 0.929 bits per heavy atom. The van der Waals surface area contributed by atoms with Crippen molar-refractivity contribution in [2.45, 2.75) is 49.6 Å². The second-order valence-electron chi connectivity index (χ2n) is 11.6. The molecule has 0 bridgehead atoms. The molecule has 4 heterocycles. The third-order valence-corrected chi connectivity index (χ3v) is 10.9. The first-order valence-electron chi connectivity index (χ1n) is 14.3. The molecule has 0 unspecified atom stereocenters. The fraction of sp³-hybridized carbons (Fsp3) is 0.419. The van der Waals surface area contributed by atoms with Gasteiger partial charge in [-0.25, -0.2) is 8.42 Å². The van der Waals surface area contributed by atoms with Gasteiger partial charge in [-0.2, -0.15) is 13.2 Å². The lowest BCUT2D eigenvalue weighted by molar-refractivity contribution is -0.139. The van der Waals surface area contributed by atoms with E-state index in [-0.39, 0.29) is 24.3 Å². The zero-order valence-electron chi connectivity index (χ0n) is 23.2. The predicted molar refractivity (Wildman–Crippen MR) is 154 cm³/mol. The van der Waals surface area contributed by atoms with Crippen molar-refractivity contribution >= 4 is 27.3 Å². The van der Waals surface area contributed by atoms with Crippen LogP contribution < -0.4 is 9.21 Å². The number of benzene rings is 2. The molecular weight excluding hydrogens is 565 g/mol. The van der Waals surface area contributed by atoms with Gasteiger partial charge < -0.3 is 9.80 Å². The van der Waals surface area contributed by atoms with Crippen LogP contribution in [0.15, 0.2) is 71.9 Å². The van der Waals surface area contributed by atoms with Gasteiger partial charge in [0.05, 0.1) is 22.6 Å². The molecule has 0 radical (unpaired) electrons. The minimum Gasteiger partial charge on any atom is -0.371 e. The highest BCUT2D eigenvalue weighted by Crippen LogP contribution is 2.42. The van der Waals surface area contributed by atoms with Crippen LogP contribution in [0.4, 0.5) is 24.5 Å². The summed E-state index contributed by atoms with van der Waals surface area (Å²) in [5, 5.41) is 0. The first-order chi connectivity index (χ1) is 20.1. The minimum absolute atomic E-state index is 0.0176. The predicted octanol–water partition coefficient (Wildman–Crippen LogP) is 5.30. The molecule has 6 rings (SSSR count). The van der Waals surface area contributed by atoms with E-state index >= 15 is 0 Å². The SMILES string of the molecule is O=C(Cc1ccc2c(c1)N(S(=O)(=O)c1ccccc1C(F)(F)F)CCC2)N1CCC2(CCN(c3ccncc3)CC2)C1. The highest BCUT2D eigenvalue weighted by molar-refractivity contribution is 7.92. The molecule has 0 saturated carbocycles. The Labute approximate surface area is 244 Å². The van der Waals surface area contributed by atoms with Gasteiger partial charge in [-0.1, -0.05) is 24.3 Å². The zero-order valence-corrected chi connectivity index (χ0v) is 24.0. The van der Waals surface area contributed by atoms with Crippen LogP contribution in [0.3, 0.4) is 0 Å². The number of rotatable bonds is 5. The van der Waals surface area contributed by atoms with Crippen LogP contribution in [0, 0.1) is 5.41 Å². The van der Waals surface area contributed by atoms with E-state index < -0.39 is 26.7 Å². The molecule has 2 aromatic carbocycles. The van der Waals surface area contributed by atoms with E-state index in [1.54, 1.807) is 24.5 Å². The molecule has 2 saturated heterocycles. The molecule has 0 N–H and O–H groups in total. The molecule has 3 aliphatic heterocycles. The van der Waals surface area contributed by atoms with E-state index in [2.05, 4.69) is 9.88 Å². The van der Waals surface area contributed by atoms with Gasteiger partial charge in [0.1, 0.15) is 0 Å². The summed E-state index contributed by atoms with van der Waals surface area (Å²) in [6, 6.07) is 13.6. The monoisotopic (exact) mass is 598 g/mol. The number of likely N-dealkylation sites (tertiary alicyclic amines) is 1. The van der Waals surface area contributed by atoms with E-state index in [9.17, 15) is 26.4 Å². The van der Waals surface area contributed by atoms with E-state index in [1.807, 2.05) is 23.1 Å². The van der Waals surface area contributed by atoms with Gasteiger partial charge in [-0.15, -0.1) is 0 Å². The number of fused-ring (bicyclic) bond motifs is 1. The Balaban J connectivity index is 1.16. The van der Waals surface area contributed by atoms with Gasteiger partial charge in [-0.05, 0) is 79.0 Å². The molecular formula is C31H33F3N4O3S. The van der Waals surface area contributed by atoms with Crippen LogP contribution in [0.25, 0.3) is 0 Å². The Hall–Kier alpha value is -3.60. The van der Waals surface area contributed by atoms with Crippen molar-refractivity contribution in [3.05, 3.63) is 83.7 Å². The number of hydrogen-bond donors (Lipinski definition) is 0. The normalized spacial score (nSPS) is 18.8. The number of alkyl halides is 3. The summed E-state index contributed by atoms with van der Waals surface area (Å²) in [6.07, 6.45) is 2.97. The molecule has 3 aromatic rings. The molecule has 1 amide bonds. The number of aryl methyl sites for hydroxylation is 1. The largest absolute Gasteiger partial charge is 0.417 e. The summed E-state index contributed by atoms with van der Waals surface area (Å²) in [5.41, 5.74) is 1.83. The molecule has 1 aromatic heterocycles. The third-order valence-electron chi connectivity index (χ3n) is 8.98. The van der Waals surface area contributed by atoms with Gasteiger partial charge in [0.25, 0.3) is 10.0 Å². The first-order valence-corrected chi connectivity index (χ1v) is 15.7. The molecule has 7 nitrogen and oxygen atoms in total. The lowest BCUT2D eigenvalue weighted by Crippen LogP contribution is -2.42. The Morgan fingerprint density at radius 2 is 1.64 bits per heavy atom. The molecule has 2 fully saturated rings. The Bertz CT molecular complexity index is 1570. The summed E-state index contributed by atoms with van der Waals surface area (Å²) >= 11 is 0. The van der Waals surface area contributed by atoms with Crippen molar-refractivity contribution in [2.75, 3.05) is 41.9 Å². The number of sulfonamides is 1. The smallest absolute Gasteiger partial charge is 0.371 e. The summed E-state index contributed by atoms with van der Waals surface area (Å²) in [6.45, 7) is 3.32. The number of anilines is 2. The highest BCUT2D eigenvalue weighted by atomic mass is 32.2. The van der Waals surface area contributed by atoms with Gasteiger partial charge in [-0.3, -0.25) is 14.1 Å². The zero-order chi connectivity index (χ0) is 29.5. The van der Waals surface area contributed by atoms with Gasteiger partial charge >= 0.3 is 6.18 Å². The van der Waals surface area contributed by atoms with Crippen LogP contribution in [0.5, 0.6) is 0 Å². The number of hydrogen-bond acceptors (Lipinski definition) is 5. The van der Waals surface area contributed by atoms with Crippen molar-refractivity contribution in [3.8, 4) is 0 Å². The average Bonchev–Trinajstić information content (AvgIpc) is 3.40. The molecule has 222 valence electrons. The molecule has 42 heavy (non-hydrogen) atoms. The maximum Gasteiger partial charge on any atom is 0.417 e. The Kier molecular flexibility index (Phi) is 7.41. The van der Waals surface area contributed by atoms with E-state index in [0.717, 1.165) is 60.0 Å². The van der Waals surface area contributed by atoms with Crippen LogP contribution in [-0.4, -0.2) is 56.9 Å². The summed E-state index contributed by atoms with van der Waals surface area (Å²) in [4.78, 5) is 21.0. The molecule has 11 heteroatoms. The number of carbonyl (C=O) groups excluding carboxylic acids is 1. The number of piperidine rings is 1. The number of halogens is 3. The van der Waals surface area contributed by atoms with Crippen LogP contribution >= 0.6 is 0 Å². The van der Waals surface area contributed by atoms with Gasteiger partial charge in [0.2, 0.25) is 5.91 Å². The second-order valence-corrected chi connectivity index (χ2v) is 13.4. The number of pyridine rings is 1. The second kappa shape index (κ2) is 10.9. The molecule has 3 aliphatic rings. The first kappa shape index (κ1) is 28.5. The standard InChI is InChI=1S/C31H33F3N4O3S/c32-31(33,34)26-5-1-2-6-28(26)42(40,41)38-16-3-4-24-8-7-23(20-27(24)38)21-29(39)37-19-13-30(22-37)11-17-36(18-12-30)25-9-14-35-15-10-25/h1-2,5-10,14-15,20H,3-4,11-13,16-19,21-22H2. The quantitative estimate of drug-likeness (QED) is 0.399. The topological polar surface area (TPSA) is 73.8 Å². The van der Waals surface area contributed by atoms with Crippen molar-refractivity contribution in [1.82, 2.24) is 9.88 Å². The third kappa shape index (κ3) is 5.46. The Morgan fingerprint density at radius 3 is 2.38 bits per heavy atom. The number of amides is 1. The van der Waals surface area contributed by atoms with E-state index in [4.69, 9.17) is 0 Å². The van der Waals surface area contributed by atoms with Gasteiger partial charge in [0, 0.05) is 50.8 Å². The molecule has 0 aliphatic carbocycles. The summed E-state index contributed by atoms with van der Waals surface area (Å²) in [7, 11) is -4.48. The average molecular weight is 599 g/mol. The maximum absolute atomic E-state index is 13.7. The van der Waals surface area contributed by atoms with Crippen molar-refractivity contribution in [1.29, 1.82) is 0 Å². The van der Waals surface area contributed by atoms with Gasteiger partial charge in [0.15, 0.2) is 0 Å². The van der Waals surface area contributed by atoms with Crippen LogP contribution in [0.2, 0.25) is 0 Å². The minimum atomic E-state index is -4.81. The van der Waals surface area contributed by atoms with Crippen molar-refractivity contribution in [3.63, 3.8) is 0 Å². The molecule has 1 spiro atoms. The van der Waals surface area contributed by atoms with Crippen LogP contribution in [-0.2, 0) is 33.8 Å². The number of carbonyl (C=O) groups is 1. The number of nitrogens with zero attached hydrogens (tertiary/aromatic N) is 4. The van der Waals surface area contributed by atoms with E-state index in [1.165, 1.54) is 12.1 Å². The van der Waals surface area contributed by atoms with Crippen molar-refractivity contribution < 1.29 is 26.4 Å². The number of aromatic nitrogens is 1. The fourth-order valence-electron chi connectivity index (χ4n) is 6.63. The highest BCUT2D eigenvalue weighted by Gasteiger charge is 2.42. The lowest BCUT2D eigenvalue weighted by Gasteiger charge is -2.40. The molecule has 0 atom stereocenters. The van der Waals surface area contributed by atoms with Crippen molar-refractivity contribution in [2.24, 2.45) is 5.41 Å². The summed E-state index contributed by atoms with van der Waals surface area (Å²) < 4.78 is 69.3. The maximum atomic E-state index is 13.7. The lowest BCUT2D eigenvalue weighted by atomic mass is 9.77. The fourth-order valence-corrected chi connectivity index (χ4v) is 8.38. The van der Waals surface area contributed by atoms with E-state index in [0.29, 0.717) is 37.2 Å².